The van der Waals surface area contributed by atoms with Crippen LogP contribution in [0.4, 0.5) is 0 Å². The second kappa shape index (κ2) is 10.1. The van der Waals surface area contributed by atoms with Gasteiger partial charge in [0, 0.05) is 30.3 Å². The Balaban J connectivity index is 1.60. The summed E-state index contributed by atoms with van der Waals surface area (Å²) in [6.07, 6.45) is 4.82. The van der Waals surface area contributed by atoms with E-state index in [1.807, 2.05) is 25.1 Å². The summed E-state index contributed by atoms with van der Waals surface area (Å²) in [6.45, 7) is 12.4. The van der Waals surface area contributed by atoms with Gasteiger partial charge in [0.05, 0.1) is 5.69 Å². The van der Waals surface area contributed by atoms with E-state index in [0.29, 0.717) is 34.3 Å². The molecule has 2 aromatic rings. The number of amides is 1. The highest BCUT2D eigenvalue weighted by atomic mass is 32.1. The highest BCUT2D eigenvalue weighted by Crippen LogP contribution is 2.29. The van der Waals surface area contributed by atoms with Crippen LogP contribution < -0.4 is 5.32 Å². The number of carbonyl (C=O) groups is 2. The number of nitrogens with one attached hydrogen (secondary N) is 1. The van der Waals surface area contributed by atoms with E-state index in [-0.39, 0.29) is 11.7 Å². The Morgan fingerprint density at radius 3 is 2.87 bits per heavy atom. The molecule has 1 aromatic carbocycles. The number of benzene rings is 1. The molecule has 1 atom stereocenters. The average Bonchev–Trinajstić information content (AvgIpc) is 3.13. The molecular weight excluding hydrogens is 394 g/mol. The monoisotopic (exact) mass is 425 g/mol. The maximum Gasteiger partial charge on any atom is 0.263 e. The molecule has 30 heavy (non-hydrogen) atoms. The van der Waals surface area contributed by atoms with Crippen LogP contribution in [0, 0.1) is 6.92 Å². The van der Waals surface area contributed by atoms with Crippen molar-refractivity contribution in [2.75, 3.05) is 19.6 Å². The number of likely N-dealkylation sites (tertiary alicyclic amines) is 1. The second-order valence-electron chi connectivity index (χ2n) is 8.11. The van der Waals surface area contributed by atoms with E-state index in [4.69, 9.17) is 0 Å². The van der Waals surface area contributed by atoms with Crippen LogP contribution in [0.3, 0.4) is 0 Å². The minimum atomic E-state index is -0.0777. The first kappa shape index (κ1) is 22.4. The van der Waals surface area contributed by atoms with Crippen LogP contribution in [-0.2, 0) is 0 Å². The maximum absolute atomic E-state index is 12.7. The van der Waals surface area contributed by atoms with Gasteiger partial charge in [-0.25, -0.2) is 4.98 Å². The smallest absolute Gasteiger partial charge is 0.263 e. The van der Waals surface area contributed by atoms with Crippen LogP contribution in [0.5, 0.6) is 0 Å². The summed E-state index contributed by atoms with van der Waals surface area (Å²) >= 11 is 1.37. The standard InChI is InChI=1S/C24H31N3O2S/c1-16(2)21(28)19-10-7-11-20(15-19)24-26-18(4)22(30-24)23(29)25-12-8-14-27-13-6-5-9-17(27)3/h7,10-11,15,17H,1,5-6,8-9,12-14H2,2-4H3,(H,25,29). The lowest BCUT2D eigenvalue weighted by Gasteiger charge is -2.33. The molecule has 6 heteroatoms. The van der Waals surface area contributed by atoms with Gasteiger partial charge in [-0.3, -0.25) is 9.59 Å². The van der Waals surface area contributed by atoms with Crippen molar-refractivity contribution in [2.45, 2.75) is 52.5 Å². The van der Waals surface area contributed by atoms with Gasteiger partial charge < -0.3 is 10.2 Å². The van der Waals surface area contributed by atoms with E-state index in [1.54, 1.807) is 13.0 Å². The summed E-state index contributed by atoms with van der Waals surface area (Å²) in [4.78, 5) is 32.6. The second-order valence-corrected chi connectivity index (χ2v) is 9.11. The number of hydrogen-bond donors (Lipinski definition) is 1. The Hall–Kier alpha value is -2.31. The summed E-state index contributed by atoms with van der Waals surface area (Å²) in [5.41, 5.74) is 2.65. The molecule has 1 unspecified atom stereocenters. The minimum absolute atomic E-state index is 0.0721. The molecule has 1 aromatic heterocycles. The predicted molar refractivity (Wildman–Crippen MR) is 123 cm³/mol. The number of aromatic nitrogens is 1. The van der Waals surface area contributed by atoms with Gasteiger partial charge in [-0.05, 0) is 58.2 Å². The van der Waals surface area contributed by atoms with E-state index in [2.05, 4.69) is 28.7 Å². The van der Waals surface area contributed by atoms with E-state index in [0.717, 1.165) is 23.5 Å². The lowest BCUT2D eigenvalue weighted by atomic mass is 10.0. The van der Waals surface area contributed by atoms with E-state index in [9.17, 15) is 9.59 Å². The molecule has 1 fully saturated rings. The number of hydrogen-bond acceptors (Lipinski definition) is 5. The largest absolute Gasteiger partial charge is 0.351 e. The first-order valence-electron chi connectivity index (χ1n) is 10.7. The van der Waals surface area contributed by atoms with E-state index in [1.165, 1.54) is 37.1 Å². The number of carbonyl (C=O) groups excluding carboxylic acids is 2. The van der Waals surface area contributed by atoms with Crippen molar-refractivity contribution in [1.29, 1.82) is 0 Å². The van der Waals surface area contributed by atoms with Gasteiger partial charge in [0.1, 0.15) is 9.88 Å². The third-order valence-electron chi connectivity index (χ3n) is 5.61. The molecule has 3 rings (SSSR count). The van der Waals surface area contributed by atoms with Crippen molar-refractivity contribution in [2.24, 2.45) is 0 Å². The zero-order chi connectivity index (χ0) is 21.7. The Morgan fingerprint density at radius 1 is 1.33 bits per heavy atom. The third kappa shape index (κ3) is 5.43. The SMILES string of the molecule is C=C(C)C(=O)c1cccc(-c2nc(C)c(C(=O)NCCCN3CCCCC3C)s2)c1. The molecule has 5 nitrogen and oxygen atoms in total. The fourth-order valence-corrected chi connectivity index (χ4v) is 4.80. The van der Waals surface area contributed by atoms with Crippen LogP contribution in [0.25, 0.3) is 10.6 Å². The molecule has 0 saturated carbocycles. The summed E-state index contributed by atoms with van der Waals surface area (Å²) in [5, 5.41) is 3.79. The van der Waals surface area contributed by atoms with Crippen molar-refractivity contribution in [1.82, 2.24) is 15.2 Å². The number of nitrogens with zero attached hydrogens (tertiary/aromatic N) is 2. The lowest BCUT2D eigenvalue weighted by molar-refractivity contribution is 0.0951. The van der Waals surface area contributed by atoms with Gasteiger partial charge in [-0.2, -0.15) is 0 Å². The van der Waals surface area contributed by atoms with Gasteiger partial charge in [0.2, 0.25) is 0 Å². The van der Waals surface area contributed by atoms with Gasteiger partial charge in [0.25, 0.3) is 5.91 Å². The summed E-state index contributed by atoms with van der Waals surface area (Å²) in [6, 6.07) is 7.99. The fraction of sp³-hybridized carbons (Fsp3) is 0.458. The van der Waals surface area contributed by atoms with Gasteiger partial charge in [-0.15, -0.1) is 11.3 Å². The maximum atomic E-state index is 12.7. The molecule has 1 saturated heterocycles. The third-order valence-corrected chi connectivity index (χ3v) is 6.82. The van der Waals surface area contributed by atoms with Crippen molar-refractivity contribution in [3.63, 3.8) is 0 Å². The minimum Gasteiger partial charge on any atom is -0.351 e. The van der Waals surface area contributed by atoms with Crippen molar-refractivity contribution < 1.29 is 9.59 Å². The molecule has 160 valence electrons. The number of aryl methyl sites for hydroxylation is 1. The van der Waals surface area contributed by atoms with Gasteiger partial charge in [-0.1, -0.05) is 31.2 Å². The molecule has 1 N–H and O–H groups in total. The summed E-state index contributed by atoms with van der Waals surface area (Å²) in [5.74, 6) is -0.150. The van der Waals surface area contributed by atoms with Crippen molar-refractivity contribution in [3.05, 3.63) is 52.6 Å². The lowest BCUT2D eigenvalue weighted by Crippen LogP contribution is -2.39. The number of Topliss-reactive ketones (excluding diaryl/α,β-unsaturated/α-hetero) is 1. The average molecular weight is 426 g/mol. The van der Waals surface area contributed by atoms with Gasteiger partial charge >= 0.3 is 0 Å². The predicted octanol–water partition coefficient (Wildman–Crippen LogP) is 4.87. The quantitative estimate of drug-likeness (QED) is 0.372. The number of allylic oxidation sites excluding steroid dienone is 1. The van der Waals surface area contributed by atoms with Crippen molar-refractivity contribution >= 4 is 23.0 Å². The van der Waals surface area contributed by atoms with E-state index < -0.39 is 0 Å². The Morgan fingerprint density at radius 2 is 2.13 bits per heavy atom. The van der Waals surface area contributed by atoms with Crippen LogP contribution in [0.1, 0.15) is 65.3 Å². The molecule has 2 heterocycles. The number of thiazole rings is 1. The molecule has 1 aliphatic heterocycles. The molecule has 1 amide bonds. The molecule has 1 aliphatic rings. The number of piperidine rings is 1. The zero-order valence-electron chi connectivity index (χ0n) is 18.2. The van der Waals surface area contributed by atoms with E-state index >= 15 is 0 Å². The molecule has 0 spiro atoms. The normalized spacial score (nSPS) is 17.0. The summed E-state index contributed by atoms with van der Waals surface area (Å²) < 4.78 is 0. The summed E-state index contributed by atoms with van der Waals surface area (Å²) in [7, 11) is 0. The number of rotatable bonds is 8. The van der Waals surface area contributed by atoms with Crippen molar-refractivity contribution in [3.8, 4) is 10.6 Å². The van der Waals surface area contributed by atoms with Crippen LogP contribution in [-0.4, -0.2) is 47.3 Å². The number of ketones is 1. The molecule has 0 aliphatic carbocycles. The van der Waals surface area contributed by atoms with Gasteiger partial charge in [0.15, 0.2) is 5.78 Å². The van der Waals surface area contributed by atoms with Crippen LogP contribution in [0.15, 0.2) is 36.4 Å². The Labute approximate surface area is 183 Å². The topological polar surface area (TPSA) is 62.3 Å². The molecular formula is C24H31N3O2S. The molecule has 0 bridgehead atoms. The molecule has 0 radical (unpaired) electrons. The highest BCUT2D eigenvalue weighted by Gasteiger charge is 2.19. The Kier molecular flexibility index (Phi) is 7.56. The first-order valence-corrected chi connectivity index (χ1v) is 11.5. The first-order chi connectivity index (χ1) is 14.4. The Bertz CT molecular complexity index is 934. The fourth-order valence-electron chi connectivity index (χ4n) is 3.82. The highest BCUT2D eigenvalue weighted by molar-refractivity contribution is 7.17. The zero-order valence-corrected chi connectivity index (χ0v) is 19.0. The van der Waals surface area contributed by atoms with Crippen LogP contribution in [0.2, 0.25) is 0 Å². The van der Waals surface area contributed by atoms with Crippen LogP contribution >= 0.6 is 11.3 Å².